The summed E-state index contributed by atoms with van der Waals surface area (Å²) in [5, 5.41) is 10.1. The number of methoxy groups -OCH3 is 1. The molecule has 7 nitrogen and oxygen atoms in total. The minimum atomic E-state index is -0.378. The summed E-state index contributed by atoms with van der Waals surface area (Å²) in [7, 11) is 1.50. The Morgan fingerprint density at radius 1 is 1.20 bits per heavy atom. The monoisotopic (exact) mass is 340 g/mol. The average Bonchev–Trinajstić information content (AvgIpc) is 3.01. The third kappa shape index (κ3) is 3.10. The molecule has 0 amide bonds. The lowest BCUT2D eigenvalue weighted by molar-refractivity contribution is 0.411. The summed E-state index contributed by atoms with van der Waals surface area (Å²) >= 11 is 0. The Balaban J connectivity index is 1.53. The molecule has 3 heterocycles. The SMILES string of the molecule is COc1ccc(-c2cc(Nc3ccnc(N4CCC4)n3)n[nH]2)c(F)c1. The number of rotatable bonds is 5. The van der Waals surface area contributed by atoms with Crippen LogP contribution in [0.2, 0.25) is 0 Å². The summed E-state index contributed by atoms with van der Waals surface area (Å²) in [6.45, 7) is 1.96. The van der Waals surface area contributed by atoms with Crippen LogP contribution in [-0.2, 0) is 0 Å². The first-order chi connectivity index (χ1) is 12.2. The van der Waals surface area contributed by atoms with Gasteiger partial charge in [0.1, 0.15) is 17.4 Å². The normalized spacial score (nSPS) is 13.4. The highest BCUT2D eigenvalue weighted by Gasteiger charge is 2.17. The van der Waals surface area contributed by atoms with E-state index in [0.29, 0.717) is 34.6 Å². The van der Waals surface area contributed by atoms with Crippen LogP contribution in [0.25, 0.3) is 11.3 Å². The molecule has 2 N–H and O–H groups in total. The Hall–Kier alpha value is -3.16. The van der Waals surface area contributed by atoms with Crippen LogP contribution < -0.4 is 15.0 Å². The third-order valence-corrected chi connectivity index (χ3v) is 4.08. The van der Waals surface area contributed by atoms with Crippen molar-refractivity contribution in [3.8, 4) is 17.0 Å². The Kier molecular flexibility index (Phi) is 3.93. The summed E-state index contributed by atoms with van der Waals surface area (Å²) in [6, 6.07) is 8.20. The van der Waals surface area contributed by atoms with Gasteiger partial charge >= 0.3 is 0 Å². The number of ether oxygens (including phenoxy) is 1. The van der Waals surface area contributed by atoms with E-state index < -0.39 is 0 Å². The summed E-state index contributed by atoms with van der Waals surface area (Å²) in [5.74, 6) is 1.99. The van der Waals surface area contributed by atoms with E-state index in [9.17, 15) is 4.39 Å². The fourth-order valence-corrected chi connectivity index (χ4v) is 2.58. The second-order valence-electron chi connectivity index (χ2n) is 5.72. The molecule has 1 saturated heterocycles. The lowest BCUT2D eigenvalue weighted by Gasteiger charge is -2.30. The Labute approximate surface area is 143 Å². The number of aromatic nitrogens is 4. The van der Waals surface area contributed by atoms with Gasteiger partial charge in [0, 0.05) is 37.0 Å². The molecule has 0 atom stereocenters. The van der Waals surface area contributed by atoms with Gasteiger partial charge in [-0.05, 0) is 24.6 Å². The molecule has 25 heavy (non-hydrogen) atoms. The number of halogens is 1. The summed E-state index contributed by atoms with van der Waals surface area (Å²) < 4.78 is 19.2. The first-order valence-electron chi connectivity index (χ1n) is 7.97. The van der Waals surface area contributed by atoms with Gasteiger partial charge in [-0.15, -0.1) is 0 Å². The van der Waals surface area contributed by atoms with Gasteiger partial charge in [0.2, 0.25) is 5.95 Å². The van der Waals surface area contributed by atoms with E-state index in [1.54, 1.807) is 30.5 Å². The van der Waals surface area contributed by atoms with E-state index >= 15 is 0 Å². The van der Waals surface area contributed by atoms with Gasteiger partial charge in [0.25, 0.3) is 0 Å². The number of H-pyrrole nitrogens is 1. The molecule has 128 valence electrons. The van der Waals surface area contributed by atoms with Gasteiger partial charge in [0.15, 0.2) is 5.82 Å². The second kappa shape index (κ2) is 6.39. The van der Waals surface area contributed by atoms with Gasteiger partial charge < -0.3 is 15.0 Å². The summed E-state index contributed by atoms with van der Waals surface area (Å²) in [5.41, 5.74) is 0.991. The molecule has 0 bridgehead atoms. The Morgan fingerprint density at radius 2 is 2.08 bits per heavy atom. The number of nitrogens with one attached hydrogen (secondary N) is 2. The predicted molar refractivity (Wildman–Crippen MR) is 92.7 cm³/mol. The largest absolute Gasteiger partial charge is 0.497 e. The molecular weight excluding hydrogens is 323 g/mol. The molecule has 4 rings (SSSR count). The number of anilines is 3. The van der Waals surface area contributed by atoms with Crippen molar-refractivity contribution in [1.82, 2.24) is 20.2 Å². The standard InChI is InChI=1S/C17H17FN6O/c1-25-11-3-4-12(13(18)9-11)14-10-16(23-22-14)20-15-5-6-19-17(21-15)24-7-2-8-24/h3-6,9-10H,2,7-8H2,1H3,(H2,19,20,21,22,23). The van der Waals surface area contributed by atoms with Gasteiger partial charge in [-0.25, -0.2) is 9.37 Å². The number of aromatic amines is 1. The Morgan fingerprint density at radius 3 is 2.80 bits per heavy atom. The van der Waals surface area contributed by atoms with Crippen molar-refractivity contribution >= 4 is 17.6 Å². The molecule has 1 aliphatic heterocycles. The van der Waals surface area contributed by atoms with Gasteiger partial charge in [0.05, 0.1) is 12.8 Å². The lowest BCUT2D eigenvalue weighted by atomic mass is 10.1. The maximum atomic E-state index is 14.2. The average molecular weight is 340 g/mol. The molecular formula is C17H17FN6O. The van der Waals surface area contributed by atoms with Crippen molar-refractivity contribution in [3.05, 3.63) is 42.3 Å². The zero-order chi connectivity index (χ0) is 17.2. The molecule has 0 spiro atoms. The van der Waals surface area contributed by atoms with E-state index in [1.807, 2.05) is 0 Å². The molecule has 1 aromatic carbocycles. The quantitative estimate of drug-likeness (QED) is 0.743. The van der Waals surface area contributed by atoms with E-state index in [2.05, 4.69) is 30.4 Å². The zero-order valence-corrected chi connectivity index (χ0v) is 13.7. The number of nitrogens with zero attached hydrogens (tertiary/aromatic N) is 4. The minimum absolute atomic E-state index is 0.378. The predicted octanol–water partition coefficient (Wildman–Crippen LogP) is 2.97. The molecule has 1 aliphatic rings. The van der Waals surface area contributed by atoms with Gasteiger partial charge in [-0.3, -0.25) is 5.10 Å². The molecule has 3 aromatic rings. The Bertz CT molecular complexity index is 892. The van der Waals surface area contributed by atoms with Crippen molar-refractivity contribution in [2.24, 2.45) is 0 Å². The van der Waals surface area contributed by atoms with Crippen molar-refractivity contribution in [1.29, 1.82) is 0 Å². The molecule has 2 aromatic heterocycles. The van der Waals surface area contributed by atoms with Gasteiger partial charge in [-0.1, -0.05) is 0 Å². The number of benzene rings is 1. The summed E-state index contributed by atoms with van der Waals surface area (Å²) in [4.78, 5) is 10.8. The lowest BCUT2D eigenvalue weighted by Crippen LogP contribution is -2.38. The topological polar surface area (TPSA) is 79.0 Å². The molecule has 0 radical (unpaired) electrons. The highest BCUT2D eigenvalue weighted by Crippen LogP contribution is 2.27. The van der Waals surface area contributed by atoms with Crippen molar-refractivity contribution < 1.29 is 9.13 Å². The molecule has 8 heteroatoms. The second-order valence-corrected chi connectivity index (χ2v) is 5.72. The van der Waals surface area contributed by atoms with Crippen LogP contribution in [0.3, 0.4) is 0 Å². The van der Waals surface area contributed by atoms with E-state index in [1.165, 1.54) is 13.2 Å². The molecule has 1 fully saturated rings. The van der Waals surface area contributed by atoms with Crippen LogP contribution in [0, 0.1) is 5.82 Å². The van der Waals surface area contributed by atoms with Crippen LogP contribution in [0.1, 0.15) is 6.42 Å². The van der Waals surface area contributed by atoms with Crippen LogP contribution in [-0.4, -0.2) is 40.4 Å². The number of hydrogen-bond acceptors (Lipinski definition) is 6. The minimum Gasteiger partial charge on any atom is -0.497 e. The van der Waals surface area contributed by atoms with Gasteiger partial charge in [-0.2, -0.15) is 10.1 Å². The third-order valence-electron chi connectivity index (χ3n) is 4.08. The van der Waals surface area contributed by atoms with E-state index in [-0.39, 0.29) is 5.82 Å². The fourth-order valence-electron chi connectivity index (χ4n) is 2.58. The van der Waals surface area contributed by atoms with Crippen molar-refractivity contribution in [2.45, 2.75) is 6.42 Å². The maximum absolute atomic E-state index is 14.2. The summed E-state index contributed by atoms with van der Waals surface area (Å²) in [6.07, 6.45) is 2.87. The van der Waals surface area contributed by atoms with Crippen LogP contribution in [0.4, 0.5) is 22.0 Å². The maximum Gasteiger partial charge on any atom is 0.227 e. The van der Waals surface area contributed by atoms with Crippen molar-refractivity contribution in [2.75, 3.05) is 30.4 Å². The van der Waals surface area contributed by atoms with Crippen LogP contribution >= 0.6 is 0 Å². The highest BCUT2D eigenvalue weighted by atomic mass is 19.1. The van der Waals surface area contributed by atoms with E-state index in [0.717, 1.165) is 19.5 Å². The van der Waals surface area contributed by atoms with E-state index in [4.69, 9.17) is 4.74 Å². The molecule has 0 saturated carbocycles. The van der Waals surface area contributed by atoms with Crippen molar-refractivity contribution in [3.63, 3.8) is 0 Å². The fraction of sp³-hybridized carbons (Fsp3) is 0.235. The highest BCUT2D eigenvalue weighted by molar-refractivity contribution is 5.66. The number of hydrogen-bond donors (Lipinski definition) is 2. The first-order valence-corrected chi connectivity index (χ1v) is 7.97. The molecule has 0 unspecified atom stereocenters. The molecule has 0 aliphatic carbocycles. The zero-order valence-electron chi connectivity index (χ0n) is 13.7. The van der Waals surface area contributed by atoms with Crippen LogP contribution in [0.5, 0.6) is 5.75 Å². The smallest absolute Gasteiger partial charge is 0.227 e. The van der Waals surface area contributed by atoms with Crippen LogP contribution in [0.15, 0.2) is 36.5 Å². The first kappa shape index (κ1) is 15.4.